The Morgan fingerprint density at radius 1 is 1.35 bits per heavy atom. The molecule has 5 nitrogen and oxygen atoms in total. The topological polar surface area (TPSA) is 66.8 Å². The minimum atomic E-state index is -0.965. The molecule has 0 aromatic rings. The third kappa shape index (κ3) is 2.14. The molecular formula is C12H17NO4. The predicted molar refractivity (Wildman–Crippen MR) is 60.5 cm³/mol. The van der Waals surface area contributed by atoms with Crippen molar-refractivity contribution >= 4 is 12.1 Å². The van der Waals surface area contributed by atoms with E-state index >= 15 is 0 Å². The van der Waals surface area contributed by atoms with Gasteiger partial charge in [-0.1, -0.05) is 12.2 Å². The first kappa shape index (κ1) is 12.0. The Kier molecular flexibility index (Phi) is 2.64. The van der Waals surface area contributed by atoms with Crippen LogP contribution in [0.3, 0.4) is 0 Å². The van der Waals surface area contributed by atoms with Gasteiger partial charge in [0.2, 0.25) is 0 Å². The third-order valence-electron chi connectivity index (χ3n) is 3.01. The Hall–Kier alpha value is -1.52. The van der Waals surface area contributed by atoms with Gasteiger partial charge in [-0.25, -0.2) is 9.59 Å². The lowest BCUT2D eigenvalue weighted by Crippen LogP contribution is -2.49. The lowest BCUT2D eigenvalue weighted by Gasteiger charge is -2.32. The van der Waals surface area contributed by atoms with Gasteiger partial charge in [0.25, 0.3) is 0 Å². The van der Waals surface area contributed by atoms with E-state index in [0.717, 1.165) is 0 Å². The van der Waals surface area contributed by atoms with Gasteiger partial charge < -0.3 is 9.84 Å². The Labute approximate surface area is 100 Å². The number of carbonyl (C=O) groups excluding carboxylic acids is 1. The second-order valence-electron chi connectivity index (χ2n) is 5.52. The Morgan fingerprint density at radius 2 is 2.00 bits per heavy atom. The van der Waals surface area contributed by atoms with E-state index in [1.807, 2.05) is 12.2 Å². The minimum absolute atomic E-state index is 0.0787. The summed E-state index contributed by atoms with van der Waals surface area (Å²) in [4.78, 5) is 24.5. The van der Waals surface area contributed by atoms with Gasteiger partial charge >= 0.3 is 12.1 Å². The lowest BCUT2D eigenvalue weighted by molar-refractivity contribution is -0.143. The highest BCUT2D eigenvalue weighted by Gasteiger charge is 2.50. The van der Waals surface area contributed by atoms with Crippen LogP contribution in [0.4, 0.5) is 4.79 Å². The number of nitrogens with zero attached hydrogens (tertiary/aromatic N) is 1. The normalized spacial score (nSPS) is 30.8. The van der Waals surface area contributed by atoms with Crippen LogP contribution in [0, 0.1) is 5.92 Å². The maximum atomic E-state index is 12.0. The fourth-order valence-corrected chi connectivity index (χ4v) is 2.43. The highest BCUT2D eigenvalue weighted by atomic mass is 16.6. The minimum Gasteiger partial charge on any atom is -0.480 e. The second-order valence-corrected chi connectivity index (χ2v) is 5.52. The molecule has 3 unspecified atom stereocenters. The standard InChI is InChI=1S/C12H17NO4/c1-12(2,3)17-11(16)13-8-5-4-7(6-8)9(13)10(14)15/h4-5,7-9H,6H2,1-3H3,(H,14,15). The molecule has 2 aliphatic rings. The molecule has 0 saturated carbocycles. The van der Waals surface area contributed by atoms with Crippen LogP contribution in [0.2, 0.25) is 0 Å². The molecule has 1 fully saturated rings. The zero-order valence-electron chi connectivity index (χ0n) is 10.2. The number of carboxylic acid groups (broad SMARTS) is 1. The van der Waals surface area contributed by atoms with Crippen molar-refractivity contribution in [3.05, 3.63) is 12.2 Å². The molecule has 0 aromatic heterocycles. The van der Waals surface area contributed by atoms with E-state index in [9.17, 15) is 9.59 Å². The van der Waals surface area contributed by atoms with Crippen LogP contribution in [-0.4, -0.2) is 39.8 Å². The number of rotatable bonds is 1. The molecule has 17 heavy (non-hydrogen) atoms. The first-order valence-corrected chi connectivity index (χ1v) is 5.72. The molecule has 1 amide bonds. The number of ether oxygens (including phenoxy) is 1. The monoisotopic (exact) mass is 239 g/mol. The van der Waals surface area contributed by atoms with Gasteiger partial charge in [-0.3, -0.25) is 4.90 Å². The summed E-state index contributed by atoms with van der Waals surface area (Å²) in [5.74, 6) is -1.04. The number of hydrogen-bond acceptors (Lipinski definition) is 3. The SMILES string of the molecule is CC(C)(C)OC(=O)N1C2C=CC(C2)C1C(=O)O. The van der Waals surface area contributed by atoms with Crippen LogP contribution >= 0.6 is 0 Å². The van der Waals surface area contributed by atoms with Crippen LogP contribution in [0.1, 0.15) is 27.2 Å². The fraction of sp³-hybridized carbons (Fsp3) is 0.667. The number of hydrogen-bond donors (Lipinski definition) is 1. The zero-order chi connectivity index (χ0) is 12.8. The van der Waals surface area contributed by atoms with E-state index in [1.165, 1.54) is 4.90 Å². The second kappa shape index (κ2) is 3.75. The van der Waals surface area contributed by atoms with E-state index in [0.29, 0.717) is 6.42 Å². The number of amides is 1. The van der Waals surface area contributed by atoms with Crippen molar-refractivity contribution in [3.8, 4) is 0 Å². The Balaban J connectivity index is 2.17. The molecule has 0 aromatic carbocycles. The van der Waals surface area contributed by atoms with E-state index in [2.05, 4.69) is 0 Å². The average molecular weight is 239 g/mol. The summed E-state index contributed by atoms with van der Waals surface area (Å²) < 4.78 is 5.24. The van der Waals surface area contributed by atoms with Gasteiger partial charge in [0.15, 0.2) is 0 Å². The maximum Gasteiger partial charge on any atom is 0.411 e. The molecule has 1 aliphatic heterocycles. The van der Waals surface area contributed by atoms with Crippen molar-refractivity contribution in [1.29, 1.82) is 0 Å². The first-order valence-electron chi connectivity index (χ1n) is 5.72. The van der Waals surface area contributed by atoms with Crippen molar-refractivity contribution in [2.75, 3.05) is 0 Å². The van der Waals surface area contributed by atoms with Crippen LogP contribution in [-0.2, 0) is 9.53 Å². The number of likely N-dealkylation sites (tertiary alicyclic amines) is 1. The fourth-order valence-electron chi connectivity index (χ4n) is 2.43. The zero-order valence-corrected chi connectivity index (χ0v) is 10.2. The van der Waals surface area contributed by atoms with Crippen molar-refractivity contribution in [2.45, 2.75) is 44.9 Å². The van der Waals surface area contributed by atoms with Crippen molar-refractivity contribution in [1.82, 2.24) is 4.90 Å². The van der Waals surface area contributed by atoms with Gasteiger partial charge in [-0.05, 0) is 27.2 Å². The molecule has 1 saturated heterocycles. The van der Waals surface area contributed by atoms with Crippen LogP contribution in [0.5, 0.6) is 0 Å². The van der Waals surface area contributed by atoms with Crippen LogP contribution in [0.25, 0.3) is 0 Å². The summed E-state index contributed by atoms with van der Waals surface area (Å²) in [6.07, 6.45) is 3.91. The Bertz CT molecular complexity index is 382. The van der Waals surface area contributed by atoms with Crippen molar-refractivity contribution in [2.24, 2.45) is 5.92 Å². The van der Waals surface area contributed by atoms with E-state index in [-0.39, 0.29) is 12.0 Å². The van der Waals surface area contributed by atoms with E-state index in [1.54, 1.807) is 20.8 Å². The third-order valence-corrected chi connectivity index (χ3v) is 3.01. The van der Waals surface area contributed by atoms with Gasteiger partial charge in [-0.15, -0.1) is 0 Å². The van der Waals surface area contributed by atoms with E-state index < -0.39 is 23.7 Å². The summed E-state index contributed by atoms with van der Waals surface area (Å²) in [5, 5.41) is 9.17. The molecule has 0 spiro atoms. The first-order chi connectivity index (χ1) is 7.79. The highest BCUT2D eigenvalue weighted by molar-refractivity contribution is 5.82. The number of aliphatic carboxylic acids is 1. The summed E-state index contributed by atoms with van der Waals surface area (Å²) in [5.41, 5.74) is -0.605. The number of carbonyl (C=O) groups is 2. The van der Waals surface area contributed by atoms with Crippen LogP contribution < -0.4 is 0 Å². The summed E-state index contributed by atoms with van der Waals surface area (Å²) in [7, 11) is 0. The largest absolute Gasteiger partial charge is 0.480 e. The average Bonchev–Trinajstić information content (AvgIpc) is 2.72. The van der Waals surface area contributed by atoms with Gasteiger partial charge in [0.1, 0.15) is 11.6 Å². The molecular weight excluding hydrogens is 222 g/mol. The smallest absolute Gasteiger partial charge is 0.411 e. The van der Waals surface area contributed by atoms with Crippen LogP contribution in [0.15, 0.2) is 12.2 Å². The molecule has 1 N–H and O–H groups in total. The molecule has 5 heteroatoms. The van der Waals surface area contributed by atoms with Gasteiger partial charge in [-0.2, -0.15) is 0 Å². The Morgan fingerprint density at radius 3 is 2.53 bits per heavy atom. The highest BCUT2D eigenvalue weighted by Crippen LogP contribution is 2.38. The molecule has 2 rings (SSSR count). The van der Waals surface area contributed by atoms with Crippen molar-refractivity contribution < 1.29 is 19.4 Å². The van der Waals surface area contributed by atoms with Crippen molar-refractivity contribution in [3.63, 3.8) is 0 Å². The molecule has 2 bridgehead atoms. The molecule has 1 heterocycles. The predicted octanol–water partition coefficient (Wildman–Crippen LogP) is 1.64. The summed E-state index contributed by atoms with van der Waals surface area (Å²) >= 11 is 0. The number of carboxylic acids is 1. The molecule has 3 atom stereocenters. The van der Waals surface area contributed by atoms with Gasteiger partial charge in [0, 0.05) is 5.92 Å². The van der Waals surface area contributed by atoms with E-state index in [4.69, 9.17) is 9.84 Å². The lowest BCUT2D eigenvalue weighted by atomic mass is 10.0. The summed E-state index contributed by atoms with van der Waals surface area (Å²) in [6, 6.07) is -0.907. The molecule has 0 radical (unpaired) electrons. The molecule has 94 valence electrons. The summed E-state index contributed by atoms with van der Waals surface area (Å²) in [6.45, 7) is 5.31. The molecule has 1 aliphatic carbocycles. The quantitative estimate of drug-likeness (QED) is 0.706. The maximum absolute atomic E-state index is 12.0. The van der Waals surface area contributed by atoms with Gasteiger partial charge in [0.05, 0.1) is 6.04 Å². The number of fused-ring (bicyclic) bond motifs is 2.